The van der Waals surface area contributed by atoms with Crippen LogP contribution in [0.2, 0.25) is 0 Å². The highest BCUT2D eigenvalue weighted by atomic mass is 16.6. The van der Waals surface area contributed by atoms with Crippen LogP contribution >= 0.6 is 0 Å². The van der Waals surface area contributed by atoms with Gasteiger partial charge in [0.05, 0.1) is 11.0 Å². The summed E-state index contributed by atoms with van der Waals surface area (Å²) < 4.78 is 0. The third kappa shape index (κ3) is 1.80. The number of hydrogen-bond acceptors (Lipinski definition) is 3. The Kier molecular flexibility index (Phi) is 2.69. The van der Waals surface area contributed by atoms with Crippen molar-refractivity contribution in [3.8, 4) is 6.07 Å². The van der Waals surface area contributed by atoms with Crippen LogP contribution in [0.25, 0.3) is 5.57 Å². The van der Waals surface area contributed by atoms with E-state index in [0.29, 0.717) is 0 Å². The summed E-state index contributed by atoms with van der Waals surface area (Å²) in [5.41, 5.74) is 2.96. The Labute approximate surface area is 93.0 Å². The van der Waals surface area contributed by atoms with Crippen molar-refractivity contribution < 1.29 is 4.92 Å². The number of non-ortho nitro benzene ring substituents is 1. The average molecular weight is 214 g/mol. The van der Waals surface area contributed by atoms with Gasteiger partial charge in [-0.15, -0.1) is 0 Å². The van der Waals surface area contributed by atoms with Gasteiger partial charge in [0.25, 0.3) is 5.69 Å². The van der Waals surface area contributed by atoms with Crippen molar-refractivity contribution in [1.29, 1.82) is 5.26 Å². The van der Waals surface area contributed by atoms with Crippen molar-refractivity contribution >= 4 is 11.3 Å². The van der Waals surface area contributed by atoms with Gasteiger partial charge in [-0.25, -0.2) is 0 Å². The van der Waals surface area contributed by atoms with E-state index in [1.54, 1.807) is 12.1 Å². The molecule has 4 nitrogen and oxygen atoms in total. The molecule has 1 aliphatic carbocycles. The molecule has 0 saturated heterocycles. The fraction of sp³-hybridized carbons (Fsp3) is 0.250. The predicted octanol–water partition coefficient (Wildman–Crippen LogP) is 2.84. The lowest BCUT2D eigenvalue weighted by atomic mass is 9.87. The van der Waals surface area contributed by atoms with E-state index < -0.39 is 4.92 Å². The van der Waals surface area contributed by atoms with Gasteiger partial charge in [0.2, 0.25) is 0 Å². The second kappa shape index (κ2) is 4.15. The first-order valence-electron chi connectivity index (χ1n) is 5.08. The van der Waals surface area contributed by atoms with Crippen LogP contribution in [0.15, 0.2) is 24.3 Å². The Bertz CT molecular complexity index is 512. The molecular weight excluding hydrogens is 204 g/mol. The molecule has 1 aliphatic rings. The van der Waals surface area contributed by atoms with Crippen molar-refractivity contribution in [3.05, 3.63) is 45.5 Å². The molecule has 0 saturated carbocycles. The van der Waals surface area contributed by atoms with E-state index in [4.69, 9.17) is 5.26 Å². The maximum atomic E-state index is 10.7. The first-order valence-corrected chi connectivity index (χ1v) is 5.08. The molecule has 0 amide bonds. The standard InChI is InChI=1S/C12H10N2O2/c13-7-6-10-3-1-2-9-4-5-11(14(15)16)8-12(9)10/h4-6,8H,1-3H2/b10-6-. The summed E-state index contributed by atoms with van der Waals surface area (Å²) in [6.45, 7) is 0. The molecule has 0 N–H and O–H groups in total. The first-order chi connectivity index (χ1) is 7.72. The van der Waals surface area contributed by atoms with E-state index in [1.807, 2.05) is 6.07 Å². The zero-order valence-electron chi connectivity index (χ0n) is 8.64. The van der Waals surface area contributed by atoms with E-state index in [9.17, 15) is 10.1 Å². The molecule has 0 aromatic heterocycles. The maximum Gasteiger partial charge on any atom is 0.270 e. The number of benzene rings is 1. The molecule has 0 fully saturated rings. The third-order valence-corrected chi connectivity index (χ3v) is 2.78. The van der Waals surface area contributed by atoms with Gasteiger partial charge in [-0.05, 0) is 36.0 Å². The van der Waals surface area contributed by atoms with Gasteiger partial charge in [-0.2, -0.15) is 5.26 Å². The molecule has 0 atom stereocenters. The fourth-order valence-corrected chi connectivity index (χ4v) is 2.03. The molecule has 0 unspecified atom stereocenters. The number of nitro groups is 1. The van der Waals surface area contributed by atoms with Crippen LogP contribution in [0.5, 0.6) is 0 Å². The molecule has 1 aromatic rings. The monoisotopic (exact) mass is 214 g/mol. The van der Waals surface area contributed by atoms with Crippen molar-refractivity contribution in [2.45, 2.75) is 19.3 Å². The minimum atomic E-state index is -0.404. The molecule has 0 radical (unpaired) electrons. The Morgan fingerprint density at radius 1 is 1.44 bits per heavy atom. The lowest BCUT2D eigenvalue weighted by Gasteiger charge is -2.17. The molecule has 80 valence electrons. The number of nitrogens with zero attached hydrogens (tertiary/aromatic N) is 2. The van der Waals surface area contributed by atoms with Crippen LogP contribution in [0.3, 0.4) is 0 Å². The van der Waals surface area contributed by atoms with Crippen molar-refractivity contribution in [3.63, 3.8) is 0 Å². The Hall–Kier alpha value is -2.15. The summed E-state index contributed by atoms with van der Waals surface area (Å²) in [5.74, 6) is 0. The zero-order chi connectivity index (χ0) is 11.5. The summed E-state index contributed by atoms with van der Waals surface area (Å²) in [6.07, 6.45) is 4.23. The van der Waals surface area contributed by atoms with Crippen molar-refractivity contribution in [2.24, 2.45) is 0 Å². The minimum Gasteiger partial charge on any atom is -0.258 e. The largest absolute Gasteiger partial charge is 0.270 e. The second-order valence-corrected chi connectivity index (χ2v) is 3.75. The van der Waals surface area contributed by atoms with E-state index >= 15 is 0 Å². The second-order valence-electron chi connectivity index (χ2n) is 3.75. The van der Waals surface area contributed by atoms with Crippen LogP contribution in [-0.4, -0.2) is 4.92 Å². The van der Waals surface area contributed by atoms with E-state index in [1.165, 1.54) is 12.1 Å². The highest BCUT2D eigenvalue weighted by Gasteiger charge is 2.17. The Morgan fingerprint density at radius 3 is 2.94 bits per heavy atom. The maximum absolute atomic E-state index is 10.7. The predicted molar refractivity (Wildman–Crippen MR) is 59.6 cm³/mol. The van der Waals surface area contributed by atoms with Gasteiger partial charge in [-0.3, -0.25) is 10.1 Å². The summed E-state index contributed by atoms with van der Waals surface area (Å²) in [7, 11) is 0. The van der Waals surface area contributed by atoms with Crippen molar-refractivity contribution in [1.82, 2.24) is 0 Å². The molecular formula is C12H10N2O2. The van der Waals surface area contributed by atoms with Crippen LogP contribution in [-0.2, 0) is 6.42 Å². The van der Waals surface area contributed by atoms with Crippen LogP contribution in [0, 0.1) is 21.4 Å². The number of hydrogen-bond donors (Lipinski definition) is 0. The number of fused-ring (bicyclic) bond motifs is 1. The molecule has 0 heterocycles. The van der Waals surface area contributed by atoms with Gasteiger partial charge >= 0.3 is 0 Å². The molecule has 4 heteroatoms. The number of nitro benzene ring substituents is 1. The third-order valence-electron chi connectivity index (χ3n) is 2.78. The fourth-order valence-electron chi connectivity index (χ4n) is 2.03. The SMILES string of the molecule is N#C/C=C1/CCCc2ccc([N+](=O)[O-])cc21. The molecule has 2 rings (SSSR count). The van der Waals surface area contributed by atoms with E-state index in [-0.39, 0.29) is 5.69 Å². The quantitative estimate of drug-likeness (QED) is 0.410. The van der Waals surface area contributed by atoms with Crippen LogP contribution in [0.1, 0.15) is 24.0 Å². The smallest absolute Gasteiger partial charge is 0.258 e. The molecule has 0 bridgehead atoms. The Balaban J connectivity index is 2.54. The number of rotatable bonds is 1. The molecule has 1 aromatic carbocycles. The lowest BCUT2D eigenvalue weighted by molar-refractivity contribution is -0.384. The summed E-state index contributed by atoms with van der Waals surface area (Å²) in [4.78, 5) is 10.3. The first kappa shape index (κ1) is 10.4. The van der Waals surface area contributed by atoms with Gasteiger partial charge < -0.3 is 0 Å². The molecule has 0 spiro atoms. The lowest BCUT2D eigenvalue weighted by Crippen LogP contribution is -2.02. The number of aryl methyl sites for hydroxylation is 1. The zero-order valence-corrected chi connectivity index (χ0v) is 8.64. The van der Waals surface area contributed by atoms with E-state index in [2.05, 4.69) is 0 Å². The summed E-state index contributed by atoms with van der Waals surface area (Å²) in [6, 6.07) is 6.87. The molecule has 0 aliphatic heterocycles. The highest BCUT2D eigenvalue weighted by molar-refractivity contribution is 5.73. The average Bonchev–Trinajstić information content (AvgIpc) is 2.29. The highest BCUT2D eigenvalue weighted by Crippen LogP contribution is 2.32. The Morgan fingerprint density at radius 2 is 2.25 bits per heavy atom. The van der Waals surface area contributed by atoms with Crippen molar-refractivity contribution in [2.75, 3.05) is 0 Å². The van der Waals surface area contributed by atoms with Gasteiger partial charge in [0.15, 0.2) is 0 Å². The summed E-state index contributed by atoms with van der Waals surface area (Å²) >= 11 is 0. The van der Waals surface area contributed by atoms with Gasteiger partial charge in [-0.1, -0.05) is 6.07 Å². The topological polar surface area (TPSA) is 66.9 Å². The summed E-state index contributed by atoms with van der Waals surface area (Å²) in [5, 5.41) is 19.3. The van der Waals surface area contributed by atoms with Gasteiger partial charge in [0.1, 0.15) is 0 Å². The number of nitriles is 1. The number of allylic oxidation sites excluding steroid dienone is 2. The van der Waals surface area contributed by atoms with Crippen LogP contribution < -0.4 is 0 Å². The van der Waals surface area contributed by atoms with Crippen LogP contribution in [0.4, 0.5) is 5.69 Å². The normalized spacial score (nSPS) is 16.6. The minimum absolute atomic E-state index is 0.0875. The van der Waals surface area contributed by atoms with Gasteiger partial charge in [0, 0.05) is 18.2 Å². The molecule has 16 heavy (non-hydrogen) atoms. The van der Waals surface area contributed by atoms with E-state index in [0.717, 1.165) is 36.0 Å².